The molecule has 184 valence electrons. The van der Waals surface area contributed by atoms with Gasteiger partial charge in [-0.05, 0) is 36.2 Å². The predicted octanol–water partition coefficient (Wildman–Crippen LogP) is 2.32. The standard InChI is InChI=1S/C24H32N4O5S/c1-5-17(4)21(25-22(29)18-12-9-8-10-13-18)24(31)27-26-23(30)19-14-11-15-20(16-19)34(32,33)28(6-2)7-3/h8-17,21H,5-7H2,1-4H3,(H,25,29)(H,26,30)(H,27,31)/t17-,21-/m0/s1. The Hall–Kier alpha value is -3.24. The van der Waals surface area contributed by atoms with Crippen molar-refractivity contribution in [1.29, 1.82) is 0 Å². The molecule has 2 aromatic carbocycles. The van der Waals surface area contributed by atoms with Crippen LogP contribution in [0.5, 0.6) is 0 Å². The molecule has 10 heteroatoms. The minimum absolute atomic E-state index is 0.0113. The molecule has 0 saturated heterocycles. The largest absolute Gasteiger partial charge is 0.340 e. The lowest BCUT2D eigenvalue weighted by Crippen LogP contribution is -2.54. The third-order valence-corrected chi connectivity index (χ3v) is 7.60. The molecule has 2 atom stereocenters. The summed E-state index contributed by atoms with van der Waals surface area (Å²) in [5.74, 6) is -1.87. The van der Waals surface area contributed by atoms with E-state index in [4.69, 9.17) is 0 Å². The minimum atomic E-state index is -3.74. The first kappa shape index (κ1) is 27.0. The molecule has 0 fully saturated rings. The molecule has 0 bridgehead atoms. The zero-order valence-electron chi connectivity index (χ0n) is 19.9. The van der Waals surface area contributed by atoms with E-state index >= 15 is 0 Å². The SMILES string of the molecule is CC[C@H](C)[C@H](NC(=O)c1ccccc1)C(=O)NNC(=O)c1cccc(S(=O)(=O)N(CC)CC)c1. The quantitative estimate of drug-likeness (QED) is 0.443. The van der Waals surface area contributed by atoms with E-state index in [0.29, 0.717) is 25.1 Å². The van der Waals surface area contributed by atoms with Crippen molar-refractivity contribution >= 4 is 27.7 Å². The number of nitrogens with one attached hydrogen (secondary N) is 3. The van der Waals surface area contributed by atoms with Crippen LogP contribution < -0.4 is 16.2 Å². The van der Waals surface area contributed by atoms with Crippen molar-refractivity contribution < 1.29 is 22.8 Å². The number of hydrogen-bond donors (Lipinski definition) is 3. The topological polar surface area (TPSA) is 125 Å². The Bertz CT molecular complexity index is 1100. The van der Waals surface area contributed by atoms with E-state index in [2.05, 4.69) is 16.2 Å². The molecule has 0 aromatic heterocycles. The molecule has 2 aromatic rings. The van der Waals surface area contributed by atoms with Gasteiger partial charge in [0.2, 0.25) is 10.0 Å². The summed E-state index contributed by atoms with van der Waals surface area (Å²) < 4.78 is 26.8. The minimum Gasteiger partial charge on any atom is -0.340 e. The van der Waals surface area contributed by atoms with Crippen molar-refractivity contribution in [2.75, 3.05) is 13.1 Å². The molecule has 0 aliphatic carbocycles. The summed E-state index contributed by atoms with van der Waals surface area (Å²) in [5, 5.41) is 2.71. The number of nitrogens with zero attached hydrogens (tertiary/aromatic N) is 1. The lowest BCUT2D eigenvalue weighted by Gasteiger charge is -2.23. The van der Waals surface area contributed by atoms with Gasteiger partial charge in [-0.25, -0.2) is 8.42 Å². The Kier molecular flexibility index (Phi) is 9.76. The van der Waals surface area contributed by atoms with Crippen LogP contribution in [-0.2, 0) is 14.8 Å². The molecular weight excluding hydrogens is 456 g/mol. The number of amides is 3. The molecule has 3 N–H and O–H groups in total. The van der Waals surface area contributed by atoms with Crippen LogP contribution in [0.2, 0.25) is 0 Å². The number of rotatable bonds is 10. The van der Waals surface area contributed by atoms with Crippen molar-refractivity contribution in [2.45, 2.75) is 45.1 Å². The molecular formula is C24H32N4O5S. The Morgan fingerprint density at radius 2 is 1.47 bits per heavy atom. The zero-order valence-corrected chi connectivity index (χ0v) is 20.7. The molecule has 0 radical (unpaired) electrons. The van der Waals surface area contributed by atoms with Crippen molar-refractivity contribution in [3.05, 3.63) is 65.7 Å². The van der Waals surface area contributed by atoms with E-state index in [9.17, 15) is 22.8 Å². The second kappa shape index (κ2) is 12.3. The van der Waals surface area contributed by atoms with E-state index in [-0.39, 0.29) is 16.4 Å². The van der Waals surface area contributed by atoms with Crippen LogP contribution in [0.1, 0.15) is 54.8 Å². The Morgan fingerprint density at radius 3 is 2.06 bits per heavy atom. The number of carbonyl (C=O) groups is 3. The van der Waals surface area contributed by atoms with Gasteiger partial charge in [-0.2, -0.15) is 4.31 Å². The number of carbonyl (C=O) groups excluding carboxylic acids is 3. The highest BCUT2D eigenvalue weighted by Gasteiger charge is 2.27. The van der Waals surface area contributed by atoms with Gasteiger partial charge in [0, 0.05) is 24.2 Å². The fourth-order valence-electron chi connectivity index (χ4n) is 3.29. The van der Waals surface area contributed by atoms with Gasteiger partial charge >= 0.3 is 0 Å². The normalized spacial score (nSPS) is 13.1. The summed E-state index contributed by atoms with van der Waals surface area (Å²) in [6, 6.07) is 13.2. The van der Waals surface area contributed by atoms with Gasteiger partial charge in [-0.1, -0.05) is 58.4 Å². The average molecular weight is 489 g/mol. The summed E-state index contributed by atoms with van der Waals surface area (Å²) in [5.41, 5.74) is 5.14. The van der Waals surface area contributed by atoms with Crippen LogP contribution >= 0.6 is 0 Å². The fraction of sp³-hybridized carbons (Fsp3) is 0.375. The van der Waals surface area contributed by atoms with E-state index in [1.165, 1.54) is 28.6 Å². The van der Waals surface area contributed by atoms with Gasteiger partial charge in [-0.15, -0.1) is 0 Å². The maximum atomic E-state index is 12.8. The first-order valence-electron chi connectivity index (χ1n) is 11.2. The van der Waals surface area contributed by atoms with Crippen LogP contribution in [0.25, 0.3) is 0 Å². The van der Waals surface area contributed by atoms with Crippen LogP contribution in [-0.4, -0.2) is 49.6 Å². The molecule has 0 unspecified atom stereocenters. The second-order valence-electron chi connectivity index (χ2n) is 7.76. The highest BCUT2D eigenvalue weighted by atomic mass is 32.2. The molecule has 0 aliphatic heterocycles. The van der Waals surface area contributed by atoms with Crippen LogP contribution in [0, 0.1) is 5.92 Å². The summed E-state index contributed by atoms with van der Waals surface area (Å²) >= 11 is 0. The average Bonchev–Trinajstić information content (AvgIpc) is 2.86. The molecule has 34 heavy (non-hydrogen) atoms. The summed E-state index contributed by atoms with van der Waals surface area (Å²) in [7, 11) is -3.74. The highest BCUT2D eigenvalue weighted by Crippen LogP contribution is 2.17. The zero-order chi connectivity index (χ0) is 25.3. The van der Waals surface area contributed by atoms with E-state index in [0.717, 1.165) is 0 Å². The fourth-order valence-corrected chi connectivity index (χ4v) is 4.80. The smallest absolute Gasteiger partial charge is 0.269 e. The monoisotopic (exact) mass is 488 g/mol. The van der Waals surface area contributed by atoms with Crippen LogP contribution in [0.3, 0.4) is 0 Å². The van der Waals surface area contributed by atoms with Crippen molar-refractivity contribution in [3.63, 3.8) is 0 Å². The highest BCUT2D eigenvalue weighted by molar-refractivity contribution is 7.89. The van der Waals surface area contributed by atoms with Crippen molar-refractivity contribution in [3.8, 4) is 0 Å². The maximum absolute atomic E-state index is 12.8. The van der Waals surface area contributed by atoms with Gasteiger partial charge in [0.25, 0.3) is 17.7 Å². The van der Waals surface area contributed by atoms with Crippen molar-refractivity contribution in [2.24, 2.45) is 5.92 Å². The first-order chi connectivity index (χ1) is 16.1. The lowest BCUT2D eigenvalue weighted by molar-refractivity contribution is -0.124. The molecule has 0 saturated carbocycles. The Balaban J connectivity index is 2.11. The van der Waals surface area contributed by atoms with E-state index < -0.39 is 33.8 Å². The van der Waals surface area contributed by atoms with Crippen molar-refractivity contribution in [1.82, 2.24) is 20.5 Å². The molecule has 0 spiro atoms. The summed E-state index contributed by atoms with van der Waals surface area (Å²) in [6.45, 7) is 7.78. The number of hydrazine groups is 1. The third kappa shape index (κ3) is 6.64. The predicted molar refractivity (Wildman–Crippen MR) is 129 cm³/mol. The molecule has 9 nitrogen and oxygen atoms in total. The number of hydrogen-bond acceptors (Lipinski definition) is 5. The maximum Gasteiger partial charge on any atom is 0.269 e. The van der Waals surface area contributed by atoms with E-state index in [1.807, 2.05) is 13.8 Å². The summed E-state index contributed by atoms with van der Waals surface area (Å²) in [4.78, 5) is 37.9. The third-order valence-electron chi connectivity index (χ3n) is 5.56. The summed E-state index contributed by atoms with van der Waals surface area (Å²) in [6.07, 6.45) is 0.617. The number of sulfonamides is 1. The molecule has 3 amide bonds. The van der Waals surface area contributed by atoms with Gasteiger partial charge < -0.3 is 5.32 Å². The molecule has 0 heterocycles. The second-order valence-corrected chi connectivity index (χ2v) is 9.70. The molecule has 0 aliphatic rings. The molecule has 2 rings (SSSR count). The van der Waals surface area contributed by atoms with E-state index in [1.54, 1.807) is 44.2 Å². The first-order valence-corrected chi connectivity index (χ1v) is 12.7. The van der Waals surface area contributed by atoms with Crippen LogP contribution in [0.15, 0.2) is 59.5 Å². The van der Waals surface area contributed by atoms with Gasteiger partial charge in [0.1, 0.15) is 6.04 Å². The number of benzene rings is 2. The Labute approximate surface area is 200 Å². The lowest BCUT2D eigenvalue weighted by atomic mass is 9.98. The van der Waals surface area contributed by atoms with Gasteiger partial charge in [-0.3, -0.25) is 25.2 Å². The Morgan fingerprint density at radius 1 is 0.853 bits per heavy atom. The van der Waals surface area contributed by atoms with Gasteiger partial charge in [0.15, 0.2) is 0 Å². The van der Waals surface area contributed by atoms with Crippen LogP contribution in [0.4, 0.5) is 0 Å². The van der Waals surface area contributed by atoms with Gasteiger partial charge in [0.05, 0.1) is 4.90 Å².